The van der Waals surface area contributed by atoms with Crippen molar-refractivity contribution in [3.05, 3.63) is 52.4 Å². The van der Waals surface area contributed by atoms with Crippen LogP contribution in [0.3, 0.4) is 0 Å². The van der Waals surface area contributed by atoms with E-state index in [1.165, 1.54) is 29.5 Å². The molecule has 2 N–H and O–H groups in total. The summed E-state index contributed by atoms with van der Waals surface area (Å²) in [4.78, 5) is 14.2. The highest BCUT2D eigenvalue weighted by Crippen LogP contribution is 2.22. The highest BCUT2D eigenvalue weighted by molar-refractivity contribution is 7.13. The molecule has 2 aromatic heterocycles. The normalized spacial score (nSPS) is 12.1. The highest BCUT2D eigenvalue weighted by Gasteiger charge is 2.19. The van der Waals surface area contributed by atoms with Crippen LogP contribution in [-0.4, -0.2) is 29.2 Å². The first kappa shape index (κ1) is 19.5. The quantitative estimate of drug-likeness (QED) is 0.600. The third-order valence-corrected chi connectivity index (χ3v) is 4.91. The lowest BCUT2D eigenvalue weighted by atomic mass is 10.3. The lowest BCUT2D eigenvalue weighted by Gasteiger charge is -2.16. The molecule has 3 aromatic rings. The van der Waals surface area contributed by atoms with Gasteiger partial charge in [0, 0.05) is 5.02 Å². The maximum Gasteiger partial charge on any atom is 0.279 e. The number of thiophene rings is 1. The van der Waals surface area contributed by atoms with E-state index < -0.39 is 5.82 Å². The number of hydrogen-bond donors (Lipinski definition) is 2. The number of nitrogens with one attached hydrogen (secondary N) is 2. The van der Waals surface area contributed by atoms with E-state index in [2.05, 4.69) is 15.5 Å². The summed E-state index contributed by atoms with van der Waals surface area (Å²) in [5.41, 5.74) is 0.0705. The molecular formula is C18H19ClFN4O2S+. The number of carbonyl (C=O) groups is 1. The Hall–Kier alpha value is -2.29. The van der Waals surface area contributed by atoms with Crippen molar-refractivity contribution in [1.82, 2.24) is 10.2 Å². The Kier molecular flexibility index (Phi) is 6.54. The fourth-order valence-corrected chi connectivity index (χ4v) is 3.46. The number of benzene rings is 1. The SMILES string of the molecule is CCC[NH+](CC(=O)Nc1cc(Cl)ccc1F)Cc1nnc(-c2cccs2)o1. The smallest absolute Gasteiger partial charge is 0.279 e. The van der Waals surface area contributed by atoms with E-state index in [1.54, 1.807) is 0 Å². The molecule has 0 aliphatic carbocycles. The van der Waals surface area contributed by atoms with Crippen LogP contribution in [0.1, 0.15) is 19.2 Å². The molecule has 2 heterocycles. The Morgan fingerprint density at radius 3 is 2.96 bits per heavy atom. The molecule has 0 radical (unpaired) electrons. The predicted octanol–water partition coefficient (Wildman–Crippen LogP) is 3.02. The molecule has 27 heavy (non-hydrogen) atoms. The van der Waals surface area contributed by atoms with Crippen molar-refractivity contribution in [1.29, 1.82) is 0 Å². The summed E-state index contributed by atoms with van der Waals surface area (Å²) in [6, 6.07) is 7.87. The van der Waals surface area contributed by atoms with Crippen molar-refractivity contribution in [2.75, 3.05) is 18.4 Å². The van der Waals surface area contributed by atoms with Gasteiger partial charge in [-0.05, 0) is 36.1 Å². The number of halogens is 2. The van der Waals surface area contributed by atoms with Gasteiger partial charge < -0.3 is 14.6 Å². The van der Waals surface area contributed by atoms with Crippen LogP contribution >= 0.6 is 22.9 Å². The minimum absolute atomic E-state index is 0.0705. The van der Waals surface area contributed by atoms with Crippen molar-refractivity contribution < 1.29 is 18.5 Å². The fourth-order valence-electron chi connectivity index (χ4n) is 2.65. The van der Waals surface area contributed by atoms with Crippen LogP contribution < -0.4 is 10.2 Å². The molecule has 1 aromatic carbocycles. The average Bonchev–Trinajstić information content (AvgIpc) is 3.29. The second kappa shape index (κ2) is 9.07. The molecule has 1 amide bonds. The lowest BCUT2D eigenvalue weighted by Crippen LogP contribution is -3.11. The first-order valence-corrected chi connectivity index (χ1v) is 9.75. The molecule has 0 fully saturated rings. The van der Waals surface area contributed by atoms with Gasteiger partial charge in [-0.3, -0.25) is 4.79 Å². The minimum Gasteiger partial charge on any atom is -0.414 e. The van der Waals surface area contributed by atoms with Crippen LogP contribution in [0.15, 0.2) is 40.1 Å². The molecule has 6 nitrogen and oxygen atoms in total. The number of quaternary nitrogens is 1. The Labute approximate surface area is 165 Å². The van der Waals surface area contributed by atoms with Crippen molar-refractivity contribution in [2.24, 2.45) is 0 Å². The van der Waals surface area contributed by atoms with Gasteiger partial charge in [-0.15, -0.1) is 21.5 Å². The van der Waals surface area contributed by atoms with Crippen molar-refractivity contribution in [2.45, 2.75) is 19.9 Å². The molecule has 1 unspecified atom stereocenters. The van der Waals surface area contributed by atoms with Gasteiger partial charge in [0.1, 0.15) is 5.82 Å². The van der Waals surface area contributed by atoms with Gasteiger partial charge in [0.2, 0.25) is 0 Å². The molecule has 0 spiro atoms. The molecule has 142 valence electrons. The zero-order valence-electron chi connectivity index (χ0n) is 14.7. The van der Waals surface area contributed by atoms with Crippen LogP contribution in [0, 0.1) is 5.82 Å². The van der Waals surface area contributed by atoms with Gasteiger partial charge in [0.15, 0.2) is 13.1 Å². The van der Waals surface area contributed by atoms with E-state index in [-0.39, 0.29) is 18.1 Å². The zero-order valence-corrected chi connectivity index (χ0v) is 16.2. The molecule has 0 saturated heterocycles. The first-order valence-electron chi connectivity index (χ1n) is 8.50. The first-order chi connectivity index (χ1) is 13.0. The van der Waals surface area contributed by atoms with E-state index in [9.17, 15) is 9.18 Å². The standard InChI is InChI=1S/C18H18ClFN4O2S/c1-2-7-24(10-16(25)21-14-9-12(19)5-6-13(14)20)11-17-22-23-18(26-17)15-4-3-8-27-15/h3-6,8-9H,2,7,10-11H2,1H3,(H,21,25)/p+1. The van der Waals surface area contributed by atoms with Crippen molar-refractivity contribution in [3.8, 4) is 10.8 Å². The molecule has 0 saturated carbocycles. The molecule has 9 heteroatoms. The second-order valence-corrected chi connectivity index (χ2v) is 7.39. The molecule has 0 aliphatic heterocycles. The van der Waals surface area contributed by atoms with Crippen LogP contribution in [0.25, 0.3) is 10.8 Å². The molecule has 1 atom stereocenters. The van der Waals surface area contributed by atoms with Crippen LogP contribution in [0.4, 0.5) is 10.1 Å². The third kappa shape index (κ3) is 5.35. The number of aromatic nitrogens is 2. The zero-order chi connectivity index (χ0) is 19.2. The average molecular weight is 410 g/mol. The Morgan fingerprint density at radius 2 is 2.22 bits per heavy atom. The summed E-state index contributed by atoms with van der Waals surface area (Å²) >= 11 is 7.38. The van der Waals surface area contributed by atoms with Gasteiger partial charge in [-0.25, -0.2) is 4.39 Å². The van der Waals surface area contributed by atoms with E-state index in [0.717, 1.165) is 22.7 Å². The lowest BCUT2D eigenvalue weighted by molar-refractivity contribution is -0.907. The van der Waals surface area contributed by atoms with E-state index in [1.807, 2.05) is 24.4 Å². The van der Waals surface area contributed by atoms with Crippen LogP contribution in [0.5, 0.6) is 0 Å². The van der Waals surface area contributed by atoms with Gasteiger partial charge in [-0.1, -0.05) is 24.6 Å². The van der Waals surface area contributed by atoms with Crippen LogP contribution in [-0.2, 0) is 11.3 Å². The Balaban J connectivity index is 1.63. The molecular weight excluding hydrogens is 391 g/mol. The topological polar surface area (TPSA) is 72.5 Å². The monoisotopic (exact) mass is 409 g/mol. The summed E-state index contributed by atoms with van der Waals surface area (Å²) in [6.45, 7) is 3.33. The summed E-state index contributed by atoms with van der Waals surface area (Å²) in [6.07, 6.45) is 0.875. The van der Waals surface area contributed by atoms with Gasteiger partial charge in [0.05, 0.1) is 17.1 Å². The molecule has 0 aliphatic rings. The number of anilines is 1. The predicted molar refractivity (Wildman–Crippen MR) is 102 cm³/mol. The number of carbonyl (C=O) groups excluding carboxylic acids is 1. The summed E-state index contributed by atoms with van der Waals surface area (Å²) < 4.78 is 19.5. The maximum absolute atomic E-state index is 13.8. The van der Waals surface area contributed by atoms with Gasteiger partial charge >= 0.3 is 0 Å². The Morgan fingerprint density at radius 1 is 1.37 bits per heavy atom. The summed E-state index contributed by atoms with van der Waals surface area (Å²) in [5.74, 6) is 0.102. The minimum atomic E-state index is -0.526. The van der Waals surface area contributed by atoms with E-state index in [0.29, 0.717) is 23.3 Å². The largest absolute Gasteiger partial charge is 0.414 e. The van der Waals surface area contributed by atoms with E-state index in [4.69, 9.17) is 16.0 Å². The highest BCUT2D eigenvalue weighted by atomic mass is 35.5. The number of nitrogens with zero attached hydrogens (tertiary/aromatic N) is 2. The number of rotatable bonds is 8. The maximum atomic E-state index is 13.8. The third-order valence-electron chi connectivity index (χ3n) is 3.82. The number of hydrogen-bond acceptors (Lipinski definition) is 5. The molecule has 0 bridgehead atoms. The Bertz CT molecular complexity index is 901. The van der Waals surface area contributed by atoms with Crippen molar-refractivity contribution in [3.63, 3.8) is 0 Å². The second-order valence-electron chi connectivity index (χ2n) is 6.00. The van der Waals surface area contributed by atoms with Gasteiger partial charge in [0.25, 0.3) is 17.7 Å². The van der Waals surface area contributed by atoms with E-state index >= 15 is 0 Å². The fraction of sp³-hybridized carbons (Fsp3) is 0.278. The van der Waals surface area contributed by atoms with Crippen molar-refractivity contribution >= 4 is 34.5 Å². The summed E-state index contributed by atoms with van der Waals surface area (Å²) in [5, 5.41) is 13.0. The summed E-state index contributed by atoms with van der Waals surface area (Å²) in [7, 11) is 0. The molecule has 3 rings (SSSR count). The number of amides is 1. The van der Waals surface area contributed by atoms with Gasteiger partial charge in [-0.2, -0.15) is 0 Å². The van der Waals surface area contributed by atoms with Crippen LogP contribution in [0.2, 0.25) is 5.02 Å².